The lowest BCUT2D eigenvalue weighted by molar-refractivity contribution is 0.414. The number of halogens is 1. The average Bonchev–Trinajstić information content (AvgIpc) is 2.57. The maximum absolute atomic E-state index is 6.00. The molecule has 1 nitrogen and oxygen atoms in total. The summed E-state index contributed by atoms with van der Waals surface area (Å²) in [5.74, 6) is 0. The number of hydrogen-bond donors (Lipinski definition) is 0. The van der Waals surface area contributed by atoms with Crippen LogP contribution < -0.4 is 0 Å². The van der Waals surface area contributed by atoms with Gasteiger partial charge in [-0.05, 0) is 55.0 Å². The van der Waals surface area contributed by atoms with E-state index in [1.807, 2.05) is 6.07 Å². The monoisotopic (exact) mass is 239 g/mol. The van der Waals surface area contributed by atoms with Gasteiger partial charge < -0.3 is 4.90 Å². The van der Waals surface area contributed by atoms with E-state index in [2.05, 4.69) is 36.5 Å². The van der Waals surface area contributed by atoms with E-state index in [4.69, 9.17) is 11.6 Å². The lowest BCUT2D eigenvalue weighted by Crippen LogP contribution is -2.14. The molecule has 2 aromatic rings. The normalized spacial score (nSPS) is 11.5. The summed E-state index contributed by atoms with van der Waals surface area (Å²) < 4.78 is 1.33. The van der Waals surface area contributed by atoms with E-state index in [0.717, 1.165) is 18.0 Å². The molecule has 0 atom stereocenters. The van der Waals surface area contributed by atoms with Crippen molar-refractivity contribution in [2.24, 2.45) is 0 Å². The van der Waals surface area contributed by atoms with E-state index >= 15 is 0 Å². The molecule has 1 heterocycles. The van der Waals surface area contributed by atoms with E-state index in [-0.39, 0.29) is 0 Å². The number of hydrogen-bond acceptors (Lipinski definition) is 2. The van der Waals surface area contributed by atoms with Gasteiger partial charge in [0.05, 0.1) is 0 Å². The first kappa shape index (κ1) is 10.9. The van der Waals surface area contributed by atoms with Gasteiger partial charge in [0.2, 0.25) is 0 Å². The molecule has 2 rings (SSSR count). The molecule has 0 saturated heterocycles. The van der Waals surface area contributed by atoms with Crippen LogP contribution in [-0.2, 0) is 6.42 Å². The van der Waals surface area contributed by atoms with Gasteiger partial charge in [-0.1, -0.05) is 11.6 Å². The summed E-state index contributed by atoms with van der Waals surface area (Å²) >= 11 is 7.80. The van der Waals surface area contributed by atoms with Crippen LogP contribution >= 0.6 is 22.9 Å². The molecule has 80 valence electrons. The Labute approximate surface area is 99.3 Å². The topological polar surface area (TPSA) is 3.24 Å². The first-order valence-electron chi connectivity index (χ1n) is 4.97. The second kappa shape index (κ2) is 4.52. The summed E-state index contributed by atoms with van der Waals surface area (Å²) in [5.41, 5.74) is 1.41. The molecule has 3 heteroatoms. The molecule has 0 N–H and O–H groups in total. The highest BCUT2D eigenvalue weighted by Gasteiger charge is 2.04. The second-order valence-electron chi connectivity index (χ2n) is 3.95. The molecule has 1 aromatic carbocycles. The first-order chi connectivity index (χ1) is 7.16. The third-order valence-electron chi connectivity index (χ3n) is 2.44. The Hall–Kier alpha value is -0.570. The minimum atomic E-state index is 0.826. The van der Waals surface area contributed by atoms with Crippen LogP contribution in [0.2, 0.25) is 5.02 Å². The Morgan fingerprint density at radius 1 is 1.33 bits per heavy atom. The maximum atomic E-state index is 6.00. The van der Waals surface area contributed by atoms with Crippen LogP contribution in [0.15, 0.2) is 23.6 Å². The third kappa shape index (κ3) is 2.51. The summed E-state index contributed by atoms with van der Waals surface area (Å²) in [6.07, 6.45) is 1.09. The van der Waals surface area contributed by atoms with Crippen molar-refractivity contribution < 1.29 is 0 Å². The zero-order chi connectivity index (χ0) is 10.8. The highest BCUT2D eigenvalue weighted by atomic mass is 35.5. The molecule has 0 aliphatic heterocycles. The minimum absolute atomic E-state index is 0.826. The van der Waals surface area contributed by atoms with Gasteiger partial charge in [0.25, 0.3) is 0 Å². The second-order valence-corrected chi connectivity index (χ2v) is 5.30. The molecule has 0 bridgehead atoms. The Kier molecular flexibility index (Phi) is 3.29. The zero-order valence-corrected chi connectivity index (χ0v) is 10.5. The van der Waals surface area contributed by atoms with Crippen molar-refractivity contribution in [3.63, 3.8) is 0 Å². The van der Waals surface area contributed by atoms with Gasteiger partial charge in [-0.15, -0.1) is 11.3 Å². The average molecular weight is 240 g/mol. The molecule has 0 fully saturated rings. The molecular weight excluding hydrogens is 226 g/mol. The number of thiophene rings is 1. The number of benzene rings is 1. The van der Waals surface area contributed by atoms with Crippen molar-refractivity contribution in [1.29, 1.82) is 0 Å². The summed E-state index contributed by atoms with van der Waals surface area (Å²) in [7, 11) is 4.20. The smallest absolute Gasteiger partial charge is 0.0413 e. The fourth-order valence-corrected chi connectivity index (χ4v) is 2.74. The highest BCUT2D eigenvalue weighted by Crippen LogP contribution is 2.28. The van der Waals surface area contributed by atoms with Crippen molar-refractivity contribution in [3.05, 3.63) is 34.2 Å². The van der Waals surface area contributed by atoms with Crippen molar-refractivity contribution in [3.8, 4) is 0 Å². The quantitative estimate of drug-likeness (QED) is 0.790. The van der Waals surface area contributed by atoms with Crippen LogP contribution in [-0.4, -0.2) is 25.5 Å². The Morgan fingerprint density at radius 2 is 2.13 bits per heavy atom. The van der Waals surface area contributed by atoms with Gasteiger partial charge in [0.15, 0.2) is 0 Å². The van der Waals surface area contributed by atoms with Crippen LogP contribution in [0.4, 0.5) is 0 Å². The summed E-state index contributed by atoms with van der Waals surface area (Å²) in [6, 6.07) is 6.12. The van der Waals surface area contributed by atoms with Crippen molar-refractivity contribution in [2.75, 3.05) is 20.6 Å². The molecule has 0 unspecified atom stereocenters. The molecular formula is C12H14ClNS. The first-order valence-corrected chi connectivity index (χ1v) is 6.23. The molecule has 0 aliphatic rings. The Bertz CT molecular complexity index is 462. The predicted molar refractivity (Wildman–Crippen MR) is 69.1 cm³/mol. The van der Waals surface area contributed by atoms with Crippen LogP contribution in [0.5, 0.6) is 0 Å². The third-order valence-corrected chi connectivity index (χ3v) is 3.69. The largest absolute Gasteiger partial charge is 0.309 e. The number of likely N-dealkylation sites (N-methyl/N-ethyl adjacent to an activating group) is 1. The fourth-order valence-electron chi connectivity index (χ4n) is 1.59. The van der Waals surface area contributed by atoms with Crippen molar-refractivity contribution in [2.45, 2.75) is 6.42 Å². The molecule has 0 aliphatic carbocycles. The summed E-state index contributed by atoms with van der Waals surface area (Å²) in [4.78, 5) is 2.20. The molecule has 1 aromatic heterocycles. The summed E-state index contributed by atoms with van der Waals surface area (Å²) in [6.45, 7) is 1.08. The standard InChI is InChI=1S/C12H14ClNS/c1-14(2)6-5-9-8-15-12-4-3-10(13)7-11(9)12/h3-4,7-8H,5-6H2,1-2H3. The van der Waals surface area contributed by atoms with Crippen molar-refractivity contribution in [1.82, 2.24) is 4.90 Å². The van der Waals surface area contributed by atoms with E-state index < -0.39 is 0 Å². The van der Waals surface area contributed by atoms with Gasteiger partial charge in [0.1, 0.15) is 0 Å². The highest BCUT2D eigenvalue weighted by molar-refractivity contribution is 7.17. The van der Waals surface area contributed by atoms with E-state index in [0.29, 0.717) is 0 Å². The lowest BCUT2D eigenvalue weighted by atomic mass is 10.1. The molecule has 0 amide bonds. The minimum Gasteiger partial charge on any atom is -0.309 e. The maximum Gasteiger partial charge on any atom is 0.0413 e. The zero-order valence-electron chi connectivity index (χ0n) is 8.96. The van der Waals surface area contributed by atoms with Crippen LogP contribution in [0, 0.1) is 0 Å². The van der Waals surface area contributed by atoms with Crippen LogP contribution in [0.25, 0.3) is 10.1 Å². The van der Waals surface area contributed by atoms with Crippen molar-refractivity contribution >= 4 is 33.0 Å². The van der Waals surface area contributed by atoms with Crippen LogP contribution in [0.1, 0.15) is 5.56 Å². The van der Waals surface area contributed by atoms with E-state index in [1.54, 1.807) is 11.3 Å². The molecule has 15 heavy (non-hydrogen) atoms. The van der Waals surface area contributed by atoms with Crippen LogP contribution in [0.3, 0.4) is 0 Å². The molecule has 0 spiro atoms. The SMILES string of the molecule is CN(C)CCc1csc2ccc(Cl)cc12. The number of nitrogens with zero attached hydrogens (tertiary/aromatic N) is 1. The molecule has 0 saturated carbocycles. The predicted octanol–water partition coefficient (Wildman–Crippen LogP) is 3.66. The number of rotatable bonds is 3. The van der Waals surface area contributed by atoms with E-state index in [1.165, 1.54) is 15.6 Å². The summed E-state index contributed by atoms with van der Waals surface area (Å²) in [5, 5.41) is 4.38. The van der Waals surface area contributed by atoms with Gasteiger partial charge in [0, 0.05) is 16.3 Å². The van der Waals surface area contributed by atoms with E-state index in [9.17, 15) is 0 Å². The lowest BCUT2D eigenvalue weighted by Gasteiger charge is -2.08. The van der Waals surface area contributed by atoms with Gasteiger partial charge in [-0.2, -0.15) is 0 Å². The number of fused-ring (bicyclic) bond motifs is 1. The van der Waals surface area contributed by atoms with Gasteiger partial charge >= 0.3 is 0 Å². The Morgan fingerprint density at radius 3 is 2.87 bits per heavy atom. The fraction of sp³-hybridized carbons (Fsp3) is 0.333. The molecule has 0 radical (unpaired) electrons. The Balaban J connectivity index is 2.31. The van der Waals surface area contributed by atoms with Gasteiger partial charge in [-0.25, -0.2) is 0 Å². The van der Waals surface area contributed by atoms with Gasteiger partial charge in [-0.3, -0.25) is 0 Å².